The van der Waals surface area contributed by atoms with E-state index in [1.54, 1.807) is 0 Å². The summed E-state index contributed by atoms with van der Waals surface area (Å²) in [6, 6.07) is 0. The Morgan fingerprint density at radius 3 is 2.42 bits per heavy atom. The van der Waals surface area contributed by atoms with E-state index in [2.05, 4.69) is 13.8 Å². The molecule has 0 saturated heterocycles. The lowest BCUT2D eigenvalue weighted by atomic mass is 9.86. The maximum atomic E-state index is 6.29. The van der Waals surface area contributed by atoms with Crippen molar-refractivity contribution in [3.63, 3.8) is 0 Å². The van der Waals surface area contributed by atoms with Crippen molar-refractivity contribution in [2.45, 2.75) is 64.3 Å². The minimum atomic E-state index is 0.217. The van der Waals surface area contributed by atoms with Crippen molar-refractivity contribution in [1.29, 1.82) is 0 Å². The molecule has 0 amide bonds. The number of rotatable bonds is 4. The molecule has 1 atom stereocenters. The van der Waals surface area contributed by atoms with Gasteiger partial charge in [0.05, 0.1) is 0 Å². The minimum absolute atomic E-state index is 0.217. The van der Waals surface area contributed by atoms with Gasteiger partial charge in [-0.15, -0.1) is 0 Å². The first-order valence-corrected chi connectivity index (χ1v) is 5.45. The highest BCUT2D eigenvalue weighted by Gasteiger charge is 2.30. The quantitative estimate of drug-likeness (QED) is 0.687. The molecule has 1 nitrogen and oxygen atoms in total. The summed E-state index contributed by atoms with van der Waals surface area (Å²) < 4.78 is 0. The van der Waals surface area contributed by atoms with Gasteiger partial charge in [-0.1, -0.05) is 39.5 Å². The van der Waals surface area contributed by atoms with Crippen LogP contribution < -0.4 is 5.73 Å². The van der Waals surface area contributed by atoms with E-state index in [-0.39, 0.29) is 5.54 Å². The maximum absolute atomic E-state index is 6.29. The summed E-state index contributed by atoms with van der Waals surface area (Å²) in [5.41, 5.74) is 6.51. The predicted octanol–water partition coefficient (Wildman–Crippen LogP) is 3.08. The second kappa shape index (κ2) is 4.27. The van der Waals surface area contributed by atoms with Gasteiger partial charge in [0.2, 0.25) is 0 Å². The van der Waals surface area contributed by atoms with Gasteiger partial charge in [-0.05, 0) is 25.2 Å². The highest BCUT2D eigenvalue weighted by molar-refractivity contribution is 4.90. The van der Waals surface area contributed by atoms with Gasteiger partial charge in [0.15, 0.2) is 0 Å². The van der Waals surface area contributed by atoms with Crippen LogP contribution in [0, 0.1) is 5.92 Å². The minimum Gasteiger partial charge on any atom is -0.325 e. The van der Waals surface area contributed by atoms with Crippen LogP contribution in [0.3, 0.4) is 0 Å². The Labute approximate surface area is 76.7 Å². The van der Waals surface area contributed by atoms with Gasteiger partial charge in [0.1, 0.15) is 0 Å². The van der Waals surface area contributed by atoms with Crippen molar-refractivity contribution in [2.24, 2.45) is 11.7 Å². The van der Waals surface area contributed by atoms with Crippen LogP contribution in [0.25, 0.3) is 0 Å². The first-order chi connectivity index (χ1) is 5.66. The molecule has 0 spiro atoms. The highest BCUT2D eigenvalue weighted by atomic mass is 14.7. The molecule has 2 N–H and O–H groups in total. The second-order valence-corrected chi connectivity index (χ2v) is 4.67. The van der Waals surface area contributed by atoms with E-state index in [9.17, 15) is 0 Å². The largest absolute Gasteiger partial charge is 0.325 e. The molecule has 1 fully saturated rings. The van der Waals surface area contributed by atoms with Gasteiger partial charge in [0, 0.05) is 5.54 Å². The van der Waals surface area contributed by atoms with E-state index < -0.39 is 0 Å². The van der Waals surface area contributed by atoms with Gasteiger partial charge >= 0.3 is 0 Å². The molecule has 1 rings (SSSR count). The molecule has 0 aromatic rings. The third-order valence-corrected chi connectivity index (χ3v) is 3.14. The van der Waals surface area contributed by atoms with Crippen molar-refractivity contribution in [3.05, 3.63) is 0 Å². The lowest BCUT2D eigenvalue weighted by Gasteiger charge is -2.27. The molecule has 0 aromatic heterocycles. The molecule has 0 aliphatic heterocycles. The average molecular weight is 169 g/mol. The maximum Gasteiger partial charge on any atom is 0.0156 e. The van der Waals surface area contributed by atoms with E-state index >= 15 is 0 Å². The van der Waals surface area contributed by atoms with Crippen molar-refractivity contribution >= 4 is 0 Å². The molecule has 12 heavy (non-hydrogen) atoms. The molecule has 1 aliphatic carbocycles. The predicted molar refractivity (Wildman–Crippen MR) is 54.1 cm³/mol. The lowest BCUT2D eigenvalue weighted by molar-refractivity contribution is 0.322. The molecule has 0 aromatic carbocycles. The normalized spacial score (nSPS) is 24.2. The van der Waals surface area contributed by atoms with Crippen molar-refractivity contribution in [1.82, 2.24) is 0 Å². The summed E-state index contributed by atoms with van der Waals surface area (Å²) in [4.78, 5) is 0. The summed E-state index contributed by atoms with van der Waals surface area (Å²) in [6.45, 7) is 4.60. The van der Waals surface area contributed by atoms with Crippen LogP contribution >= 0.6 is 0 Å². The monoisotopic (exact) mass is 169 g/mol. The molecule has 0 heterocycles. The highest BCUT2D eigenvalue weighted by Crippen LogP contribution is 2.33. The Balaban J connectivity index is 2.28. The van der Waals surface area contributed by atoms with Crippen molar-refractivity contribution < 1.29 is 0 Å². The zero-order valence-electron chi connectivity index (χ0n) is 8.60. The first-order valence-electron chi connectivity index (χ1n) is 5.45. The fourth-order valence-corrected chi connectivity index (χ4v) is 2.57. The molecular weight excluding hydrogens is 146 g/mol. The Kier molecular flexibility index (Phi) is 3.57. The fraction of sp³-hybridized carbons (Fsp3) is 1.00. The topological polar surface area (TPSA) is 26.0 Å². The van der Waals surface area contributed by atoms with Crippen LogP contribution in [-0.4, -0.2) is 5.54 Å². The standard InChI is InChI=1S/C11H23N/c1-3-6-10(2)9-11(12)7-4-5-8-11/h10H,3-9,12H2,1-2H3. The average Bonchev–Trinajstić information content (AvgIpc) is 2.36. The smallest absolute Gasteiger partial charge is 0.0156 e. The SMILES string of the molecule is CCCC(C)CC1(N)CCCC1. The van der Waals surface area contributed by atoms with Gasteiger partial charge in [0.25, 0.3) is 0 Å². The number of hydrogen-bond donors (Lipinski definition) is 1. The zero-order valence-corrected chi connectivity index (χ0v) is 8.60. The summed E-state index contributed by atoms with van der Waals surface area (Å²) in [6.07, 6.45) is 9.14. The molecule has 72 valence electrons. The van der Waals surface area contributed by atoms with Crippen LogP contribution in [0.4, 0.5) is 0 Å². The van der Waals surface area contributed by atoms with Crippen LogP contribution in [0.1, 0.15) is 58.8 Å². The van der Waals surface area contributed by atoms with Crippen LogP contribution in [0.2, 0.25) is 0 Å². The van der Waals surface area contributed by atoms with E-state index in [0.29, 0.717) is 0 Å². The van der Waals surface area contributed by atoms with Gasteiger partial charge in [-0.3, -0.25) is 0 Å². The molecule has 1 saturated carbocycles. The Morgan fingerprint density at radius 1 is 1.33 bits per heavy atom. The zero-order chi connectivity index (χ0) is 9.03. The third-order valence-electron chi connectivity index (χ3n) is 3.14. The molecular formula is C11H23N. The first kappa shape index (κ1) is 10.0. The summed E-state index contributed by atoms with van der Waals surface area (Å²) in [5.74, 6) is 0.832. The van der Waals surface area contributed by atoms with E-state index in [1.165, 1.54) is 44.9 Å². The molecule has 1 aliphatic rings. The molecule has 0 radical (unpaired) electrons. The van der Waals surface area contributed by atoms with Crippen LogP contribution in [0.5, 0.6) is 0 Å². The molecule has 1 heteroatoms. The number of hydrogen-bond acceptors (Lipinski definition) is 1. The Hall–Kier alpha value is -0.0400. The second-order valence-electron chi connectivity index (χ2n) is 4.67. The Bertz CT molecular complexity index is 125. The number of nitrogens with two attached hydrogens (primary N) is 1. The van der Waals surface area contributed by atoms with Crippen molar-refractivity contribution in [2.75, 3.05) is 0 Å². The van der Waals surface area contributed by atoms with E-state index in [4.69, 9.17) is 5.73 Å². The summed E-state index contributed by atoms with van der Waals surface area (Å²) >= 11 is 0. The summed E-state index contributed by atoms with van der Waals surface area (Å²) in [7, 11) is 0. The fourth-order valence-electron chi connectivity index (χ4n) is 2.57. The lowest BCUT2D eigenvalue weighted by Crippen LogP contribution is -2.38. The molecule has 0 bridgehead atoms. The Morgan fingerprint density at radius 2 is 1.92 bits per heavy atom. The van der Waals surface area contributed by atoms with Gasteiger partial charge in [-0.25, -0.2) is 0 Å². The van der Waals surface area contributed by atoms with Gasteiger partial charge < -0.3 is 5.73 Å². The van der Waals surface area contributed by atoms with Crippen molar-refractivity contribution in [3.8, 4) is 0 Å². The van der Waals surface area contributed by atoms with E-state index in [0.717, 1.165) is 5.92 Å². The van der Waals surface area contributed by atoms with E-state index in [1.807, 2.05) is 0 Å². The van der Waals surface area contributed by atoms with Crippen LogP contribution in [-0.2, 0) is 0 Å². The van der Waals surface area contributed by atoms with Crippen LogP contribution in [0.15, 0.2) is 0 Å². The molecule has 1 unspecified atom stereocenters. The summed E-state index contributed by atoms with van der Waals surface area (Å²) in [5, 5.41) is 0. The third kappa shape index (κ3) is 2.78. The van der Waals surface area contributed by atoms with Gasteiger partial charge in [-0.2, -0.15) is 0 Å².